The molecule has 0 heterocycles. The van der Waals surface area contributed by atoms with E-state index in [1.165, 1.54) is 224 Å². The first kappa shape index (κ1) is 41.8. The molecule has 0 radical (unpaired) electrons. The van der Waals surface area contributed by atoms with Gasteiger partial charge in [0.1, 0.15) is 0 Å². The van der Waals surface area contributed by atoms with Crippen molar-refractivity contribution in [2.45, 2.75) is 244 Å². The molecular formula is C39H78O2S. The van der Waals surface area contributed by atoms with Crippen LogP contribution < -0.4 is 0 Å². The Hall–Kier alpha value is -0.180. The molecule has 3 heteroatoms. The van der Waals surface area contributed by atoms with Gasteiger partial charge in [-0.2, -0.15) is 0 Å². The van der Waals surface area contributed by atoms with Crippen LogP contribution in [-0.4, -0.2) is 11.2 Å². The molecule has 1 unspecified atom stereocenters. The van der Waals surface area contributed by atoms with Gasteiger partial charge in [-0.05, 0) is 12.8 Å². The third kappa shape index (κ3) is 34.3. The third-order valence-corrected chi connectivity index (χ3v) is 10.1. The molecule has 42 heavy (non-hydrogen) atoms. The molecule has 0 aliphatic heterocycles. The lowest BCUT2D eigenvalue weighted by Gasteiger charge is -2.15. The highest BCUT2D eigenvalue weighted by atomic mass is 32.2. The Morgan fingerprint density at radius 3 is 0.881 bits per heavy atom. The van der Waals surface area contributed by atoms with Gasteiger partial charge in [-0.1, -0.05) is 220 Å². The highest BCUT2D eigenvalue weighted by molar-refractivity contribution is 7.95. The first-order valence-corrected chi connectivity index (χ1v) is 20.4. The topological polar surface area (TPSA) is 26.3 Å². The summed E-state index contributed by atoms with van der Waals surface area (Å²) in [6.07, 6.45) is 46.7. The van der Waals surface area contributed by atoms with E-state index in [-0.39, 0.29) is 5.97 Å². The van der Waals surface area contributed by atoms with Crippen LogP contribution in [-0.2, 0) is 8.98 Å². The first-order valence-electron chi connectivity index (χ1n) is 19.6. The second kappa shape index (κ2) is 37.0. The second-order valence-electron chi connectivity index (χ2n) is 13.4. The van der Waals surface area contributed by atoms with Crippen molar-refractivity contribution in [3.05, 3.63) is 0 Å². The molecule has 0 bridgehead atoms. The van der Waals surface area contributed by atoms with Crippen LogP contribution in [0.1, 0.15) is 239 Å². The molecule has 0 saturated heterocycles. The normalized spacial score (nSPS) is 12.2. The Bertz CT molecular complexity index is 509. The van der Waals surface area contributed by atoms with E-state index in [1.807, 2.05) is 6.92 Å². The molecule has 0 aromatic carbocycles. The summed E-state index contributed by atoms with van der Waals surface area (Å²) in [6.45, 7) is 6.49. The number of unbranched alkanes of at least 4 members (excludes halogenated alkanes) is 29. The summed E-state index contributed by atoms with van der Waals surface area (Å²) in [6, 6.07) is 0. The maximum absolute atomic E-state index is 11.7. The molecule has 0 aromatic rings. The van der Waals surface area contributed by atoms with E-state index in [1.54, 1.807) is 0 Å². The molecule has 0 aromatic heterocycles. The van der Waals surface area contributed by atoms with Gasteiger partial charge in [0, 0.05) is 11.7 Å². The van der Waals surface area contributed by atoms with Gasteiger partial charge in [-0.15, -0.1) is 0 Å². The molecule has 252 valence electrons. The molecule has 0 fully saturated rings. The van der Waals surface area contributed by atoms with Crippen molar-refractivity contribution in [1.29, 1.82) is 0 Å². The van der Waals surface area contributed by atoms with Crippen molar-refractivity contribution in [2.75, 3.05) is 0 Å². The van der Waals surface area contributed by atoms with Crippen LogP contribution in [0, 0.1) is 0 Å². The van der Waals surface area contributed by atoms with Gasteiger partial charge in [0.15, 0.2) is 0 Å². The number of carbonyl (C=O) groups excluding carboxylic acids is 1. The van der Waals surface area contributed by atoms with Crippen molar-refractivity contribution in [1.82, 2.24) is 0 Å². The SMILES string of the molecule is CCCCCCCCCCCCCCCCCCC(CCCCCCCCCCCCCCCCC)SOC(=O)CC. The zero-order valence-electron chi connectivity index (χ0n) is 29.3. The maximum Gasteiger partial charge on any atom is 0.317 e. The smallest absolute Gasteiger partial charge is 0.317 e. The van der Waals surface area contributed by atoms with Crippen LogP contribution >= 0.6 is 12.0 Å². The first-order chi connectivity index (χ1) is 20.7. The van der Waals surface area contributed by atoms with Gasteiger partial charge in [0.25, 0.3) is 0 Å². The van der Waals surface area contributed by atoms with Gasteiger partial charge >= 0.3 is 5.97 Å². The van der Waals surface area contributed by atoms with Crippen LogP contribution in [0.25, 0.3) is 0 Å². The highest BCUT2D eigenvalue weighted by Gasteiger charge is 2.13. The van der Waals surface area contributed by atoms with E-state index < -0.39 is 0 Å². The molecule has 0 aliphatic carbocycles. The number of carbonyl (C=O) groups is 1. The van der Waals surface area contributed by atoms with Crippen molar-refractivity contribution in [3.63, 3.8) is 0 Å². The number of hydrogen-bond donors (Lipinski definition) is 0. The zero-order chi connectivity index (χ0) is 30.6. The molecule has 0 aliphatic rings. The van der Waals surface area contributed by atoms with Crippen molar-refractivity contribution in [3.8, 4) is 0 Å². The lowest BCUT2D eigenvalue weighted by atomic mass is 10.0. The Morgan fingerprint density at radius 2 is 0.643 bits per heavy atom. The average Bonchev–Trinajstić information content (AvgIpc) is 3.00. The largest absolute Gasteiger partial charge is 0.391 e. The number of rotatable bonds is 36. The second-order valence-corrected chi connectivity index (χ2v) is 14.4. The fourth-order valence-electron chi connectivity index (χ4n) is 6.08. The Balaban J connectivity index is 3.64. The molecule has 1 atom stereocenters. The standard InChI is InChI=1S/C39H78O2S/c1-4-7-9-11-13-15-17-19-21-23-25-27-29-31-33-35-37-38(42-41-39(40)6-3)36-34-32-30-28-26-24-22-20-18-16-14-12-10-8-5-2/h38H,4-37H2,1-3H3. The zero-order valence-corrected chi connectivity index (χ0v) is 30.2. The van der Waals surface area contributed by atoms with Gasteiger partial charge in [0.2, 0.25) is 0 Å². The summed E-state index contributed by atoms with van der Waals surface area (Å²) < 4.78 is 5.49. The lowest BCUT2D eigenvalue weighted by Crippen LogP contribution is -2.07. The molecule has 0 spiro atoms. The van der Waals surface area contributed by atoms with E-state index >= 15 is 0 Å². The maximum atomic E-state index is 11.7. The molecule has 0 amide bonds. The number of hydrogen-bond acceptors (Lipinski definition) is 3. The van der Waals surface area contributed by atoms with Crippen LogP contribution in [0.4, 0.5) is 0 Å². The van der Waals surface area contributed by atoms with Gasteiger partial charge < -0.3 is 4.18 Å². The van der Waals surface area contributed by atoms with E-state index in [0.29, 0.717) is 11.7 Å². The Labute approximate surface area is 270 Å². The van der Waals surface area contributed by atoms with Crippen LogP contribution in [0.3, 0.4) is 0 Å². The summed E-state index contributed by atoms with van der Waals surface area (Å²) in [7, 11) is 0. The summed E-state index contributed by atoms with van der Waals surface area (Å²) in [5.41, 5.74) is 0. The predicted molar refractivity (Wildman–Crippen MR) is 191 cm³/mol. The fraction of sp³-hybridized carbons (Fsp3) is 0.974. The molecular weight excluding hydrogens is 532 g/mol. The van der Waals surface area contributed by atoms with Gasteiger partial charge in [0.05, 0.1) is 12.0 Å². The summed E-state index contributed by atoms with van der Waals surface area (Å²) >= 11 is 1.48. The summed E-state index contributed by atoms with van der Waals surface area (Å²) in [5.74, 6) is -0.0616. The highest BCUT2D eigenvalue weighted by Crippen LogP contribution is 2.26. The van der Waals surface area contributed by atoms with Gasteiger partial charge in [-0.3, -0.25) is 4.79 Å². The van der Waals surface area contributed by atoms with E-state index in [0.717, 1.165) is 0 Å². The fourth-order valence-corrected chi connectivity index (χ4v) is 6.97. The van der Waals surface area contributed by atoms with E-state index in [2.05, 4.69) is 13.8 Å². The third-order valence-electron chi connectivity index (χ3n) is 9.08. The minimum atomic E-state index is -0.0616. The van der Waals surface area contributed by atoms with Crippen molar-refractivity contribution >= 4 is 18.0 Å². The minimum Gasteiger partial charge on any atom is -0.391 e. The monoisotopic (exact) mass is 611 g/mol. The Morgan fingerprint density at radius 1 is 0.405 bits per heavy atom. The minimum absolute atomic E-state index is 0.0616. The van der Waals surface area contributed by atoms with Crippen LogP contribution in [0.15, 0.2) is 0 Å². The van der Waals surface area contributed by atoms with E-state index in [9.17, 15) is 4.79 Å². The molecule has 2 nitrogen and oxygen atoms in total. The summed E-state index contributed by atoms with van der Waals surface area (Å²) in [5, 5.41) is 0.495. The lowest BCUT2D eigenvalue weighted by molar-refractivity contribution is -0.132. The van der Waals surface area contributed by atoms with E-state index in [4.69, 9.17) is 4.18 Å². The van der Waals surface area contributed by atoms with Crippen LogP contribution in [0.2, 0.25) is 0 Å². The molecule has 0 rings (SSSR count). The molecule has 0 N–H and O–H groups in total. The van der Waals surface area contributed by atoms with Crippen molar-refractivity contribution in [2.24, 2.45) is 0 Å². The average molecular weight is 611 g/mol. The van der Waals surface area contributed by atoms with Crippen molar-refractivity contribution < 1.29 is 8.98 Å². The quantitative estimate of drug-likeness (QED) is 0.0521. The van der Waals surface area contributed by atoms with Crippen LogP contribution in [0.5, 0.6) is 0 Å². The Kier molecular flexibility index (Phi) is 36.9. The molecule has 0 saturated carbocycles. The predicted octanol–water partition coefficient (Wildman–Crippen LogP) is 14.9. The van der Waals surface area contributed by atoms with Gasteiger partial charge in [-0.25, -0.2) is 0 Å². The summed E-state index contributed by atoms with van der Waals surface area (Å²) in [4.78, 5) is 11.7.